The molecule has 1 aliphatic heterocycles. The number of carboxylic acid groups (broad SMARTS) is 1. The van der Waals surface area contributed by atoms with Gasteiger partial charge in [0.25, 0.3) is 0 Å². The van der Waals surface area contributed by atoms with Gasteiger partial charge in [-0.2, -0.15) is 5.26 Å². The fraction of sp³-hybridized carbons (Fsp3) is 0.846. The molecule has 1 rings (SSSR count). The summed E-state index contributed by atoms with van der Waals surface area (Å²) in [6.07, 6.45) is 2.20. The van der Waals surface area contributed by atoms with Gasteiger partial charge < -0.3 is 10.0 Å². The minimum absolute atomic E-state index is 0.319. The zero-order valence-electron chi connectivity index (χ0n) is 11.0. The normalized spacial score (nSPS) is 25.8. The monoisotopic (exact) mass is 238 g/mol. The van der Waals surface area contributed by atoms with Crippen molar-refractivity contribution >= 4 is 5.97 Å². The molecule has 1 fully saturated rings. The molecule has 96 valence electrons. The molecule has 1 aliphatic rings. The molecule has 17 heavy (non-hydrogen) atoms. The van der Waals surface area contributed by atoms with Gasteiger partial charge in [-0.3, -0.25) is 4.79 Å². The third kappa shape index (κ3) is 3.19. The van der Waals surface area contributed by atoms with Crippen LogP contribution in [0.15, 0.2) is 0 Å². The number of carbonyl (C=O) groups is 1. The Hall–Kier alpha value is -1.08. The van der Waals surface area contributed by atoms with E-state index in [0.717, 1.165) is 25.9 Å². The minimum atomic E-state index is -0.679. The highest BCUT2D eigenvalue weighted by Gasteiger charge is 2.43. The van der Waals surface area contributed by atoms with Crippen molar-refractivity contribution in [1.82, 2.24) is 4.90 Å². The fourth-order valence-corrected chi connectivity index (χ4v) is 2.26. The molecule has 1 atom stereocenters. The topological polar surface area (TPSA) is 64.3 Å². The Kier molecular flexibility index (Phi) is 4.16. The van der Waals surface area contributed by atoms with E-state index < -0.39 is 11.4 Å². The van der Waals surface area contributed by atoms with Crippen molar-refractivity contribution in [3.05, 3.63) is 0 Å². The quantitative estimate of drug-likeness (QED) is 0.796. The molecule has 0 aromatic rings. The number of nitrogens with zero attached hydrogens (tertiary/aromatic N) is 2. The van der Waals surface area contributed by atoms with Crippen LogP contribution in [0.2, 0.25) is 0 Å². The summed E-state index contributed by atoms with van der Waals surface area (Å²) in [4.78, 5) is 13.5. The summed E-state index contributed by atoms with van der Waals surface area (Å²) in [5, 5.41) is 18.2. The molecule has 1 unspecified atom stereocenters. The van der Waals surface area contributed by atoms with Crippen molar-refractivity contribution in [3.63, 3.8) is 0 Å². The zero-order chi connectivity index (χ0) is 13.1. The number of nitriles is 1. The van der Waals surface area contributed by atoms with Gasteiger partial charge >= 0.3 is 5.97 Å². The molecule has 0 amide bonds. The SMILES string of the molecule is CCC1(C(=O)O)CCN(CCC(C)(C)C#N)C1. The lowest BCUT2D eigenvalue weighted by Gasteiger charge is -2.24. The highest BCUT2D eigenvalue weighted by molar-refractivity contribution is 5.75. The summed E-state index contributed by atoms with van der Waals surface area (Å²) < 4.78 is 0. The lowest BCUT2D eigenvalue weighted by atomic mass is 9.84. The molecule has 0 saturated carbocycles. The van der Waals surface area contributed by atoms with E-state index in [2.05, 4.69) is 11.0 Å². The lowest BCUT2D eigenvalue weighted by molar-refractivity contribution is -0.148. The Labute approximate surface area is 103 Å². The third-order valence-corrected chi connectivity index (χ3v) is 3.92. The van der Waals surface area contributed by atoms with E-state index in [1.807, 2.05) is 20.8 Å². The van der Waals surface area contributed by atoms with Gasteiger partial charge in [0, 0.05) is 6.54 Å². The number of hydrogen-bond donors (Lipinski definition) is 1. The second kappa shape index (κ2) is 5.05. The first-order valence-electron chi connectivity index (χ1n) is 6.22. The van der Waals surface area contributed by atoms with Gasteiger partial charge in [-0.15, -0.1) is 0 Å². The second-order valence-electron chi connectivity index (χ2n) is 5.71. The molecule has 1 heterocycles. The summed E-state index contributed by atoms with van der Waals surface area (Å²) in [5.74, 6) is -0.679. The Balaban J connectivity index is 2.52. The Morgan fingerprint density at radius 3 is 2.65 bits per heavy atom. The van der Waals surface area contributed by atoms with E-state index in [-0.39, 0.29) is 5.41 Å². The maximum Gasteiger partial charge on any atom is 0.310 e. The Morgan fingerprint density at radius 1 is 1.59 bits per heavy atom. The van der Waals surface area contributed by atoms with E-state index in [4.69, 9.17) is 5.26 Å². The predicted molar refractivity (Wildman–Crippen MR) is 65.4 cm³/mol. The maximum atomic E-state index is 11.3. The average molecular weight is 238 g/mol. The molecule has 0 spiro atoms. The van der Waals surface area contributed by atoms with E-state index >= 15 is 0 Å². The molecular weight excluding hydrogens is 216 g/mol. The van der Waals surface area contributed by atoms with E-state index in [9.17, 15) is 9.90 Å². The van der Waals surface area contributed by atoms with Crippen LogP contribution in [0, 0.1) is 22.2 Å². The first-order valence-corrected chi connectivity index (χ1v) is 6.22. The molecule has 0 radical (unpaired) electrons. The van der Waals surface area contributed by atoms with Crippen molar-refractivity contribution in [2.24, 2.45) is 10.8 Å². The second-order valence-corrected chi connectivity index (χ2v) is 5.71. The minimum Gasteiger partial charge on any atom is -0.481 e. The van der Waals surface area contributed by atoms with Crippen LogP contribution in [0.3, 0.4) is 0 Å². The van der Waals surface area contributed by atoms with Crippen molar-refractivity contribution in [3.8, 4) is 6.07 Å². The van der Waals surface area contributed by atoms with Gasteiger partial charge in [-0.25, -0.2) is 0 Å². The van der Waals surface area contributed by atoms with Crippen molar-refractivity contribution in [2.75, 3.05) is 19.6 Å². The van der Waals surface area contributed by atoms with Crippen LogP contribution in [0.1, 0.15) is 40.0 Å². The molecule has 0 aliphatic carbocycles. The van der Waals surface area contributed by atoms with Crippen molar-refractivity contribution < 1.29 is 9.90 Å². The summed E-state index contributed by atoms with van der Waals surface area (Å²) in [6, 6.07) is 2.28. The van der Waals surface area contributed by atoms with Crippen LogP contribution < -0.4 is 0 Å². The molecule has 0 bridgehead atoms. The Bertz CT molecular complexity index is 333. The standard InChI is InChI=1S/C13H22N2O2/c1-4-13(11(16)17)6-8-15(10-13)7-5-12(2,3)9-14/h4-8,10H2,1-3H3,(H,16,17). The summed E-state index contributed by atoms with van der Waals surface area (Å²) in [6.45, 7) is 8.06. The molecule has 0 aromatic heterocycles. The van der Waals surface area contributed by atoms with Crippen LogP contribution in [-0.2, 0) is 4.79 Å². The molecule has 0 aromatic carbocycles. The molecule has 1 saturated heterocycles. The van der Waals surface area contributed by atoms with Gasteiger partial charge in [0.1, 0.15) is 0 Å². The summed E-state index contributed by atoms with van der Waals surface area (Å²) in [7, 11) is 0. The third-order valence-electron chi connectivity index (χ3n) is 3.92. The number of rotatable bonds is 5. The first kappa shape index (κ1) is 14.0. The summed E-state index contributed by atoms with van der Waals surface area (Å²) in [5.41, 5.74) is -0.878. The summed E-state index contributed by atoms with van der Waals surface area (Å²) >= 11 is 0. The molecule has 4 nitrogen and oxygen atoms in total. The molecule has 1 N–H and O–H groups in total. The highest BCUT2D eigenvalue weighted by Crippen LogP contribution is 2.34. The fourth-order valence-electron chi connectivity index (χ4n) is 2.26. The van der Waals surface area contributed by atoms with Gasteiger partial charge in [-0.1, -0.05) is 6.92 Å². The molecular formula is C13H22N2O2. The van der Waals surface area contributed by atoms with Gasteiger partial charge in [0.05, 0.1) is 16.9 Å². The van der Waals surface area contributed by atoms with Crippen LogP contribution in [0.5, 0.6) is 0 Å². The first-order chi connectivity index (χ1) is 7.85. The van der Waals surface area contributed by atoms with E-state index in [1.54, 1.807) is 0 Å². The zero-order valence-corrected chi connectivity index (χ0v) is 11.0. The highest BCUT2D eigenvalue weighted by atomic mass is 16.4. The van der Waals surface area contributed by atoms with Crippen LogP contribution >= 0.6 is 0 Å². The van der Waals surface area contributed by atoms with Crippen LogP contribution in [-0.4, -0.2) is 35.6 Å². The number of aliphatic carboxylic acids is 1. The largest absolute Gasteiger partial charge is 0.481 e. The number of carboxylic acids is 1. The Morgan fingerprint density at radius 2 is 2.24 bits per heavy atom. The maximum absolute atomic E-state index is 11.3. The van der Waals surface area contributed by atoms with Gasteiger partial charge in [0.2, 0.25) is 0 Å². The van der Waals surface area contributed by atoms with Gasteiger partial charge in [-0.05, 0) is 46.2 Å². The van der Waals surface area contributed by atoms with Crippen LogP contribution in [0.25, 0.3) is 0 Å². The number of hydrogen-bond acceptors (Lipinski definition) is 3. The smallest absolute Gasteiger partial charge is 0.310 e. The molecule has 4 heteroatoms. The van der Waals surface area contributed by atoms with Gasteiger partial charge in [0.15, 0.2) is 0 Å². The lowest BCUT2D eigenvalue weighted by Crippen LogP contribution is -2.35. The predicted octanol–water partition coefficient (Wildman–Crippen LogP) is 2.11. The average Bonchev–Trinajstić information content (AvgIpc) is 2.71. The van der Waals surface area contributed by atoms with E-state index in [1.165, 1.54) is 0 Å². The van der Waals surface area contributed by atoms with Crippen LogP contribution in [0.4, 0.5) is 0 Å². The number of likely N-dealkylation sites (tertiary alicyclic amines) is 1. The van der Waals surface area contributed by atoms with E-state index in [0.29, 0.717) is 13.0 Å². The van der Waals surface area contributed by atoms with Crippen molar-refractivity contribution in [1.29, 1.82) is 5.26 Å². The van der Waals surface area contributed by atoms with Crippen molar-refractivity contribution in [2.45, 2.75) is 40.0 Å².